The molecule has 0 bridgehead atoms. The first-order valence-corrected chi connectivity index (χ1v) is 8.41. The Hall–Kier alpha value is -1.31. The second kappa shape index (κ2) is 8.21. The molecule has 0 saturated carbocycles. The lowest BCUT2D eigenvalue weighted by Crippen LogP contribution is -2.44. The molecule has 21 heavy (non-hydrogen) atoms. The molecular formula is C13H19ClN2O4S. The summed E-state index contributed by atoms with van der Waals surface area (Å²) in [5, 5.41) is 0. The smallest absolute Gasteiger partial charge is 0.422 e. The lowest BCUT2D eigenvalue weighted by Gasteiger charge is -2.21. The van der Waals surface area contributed by atoms with Crippen LogP contribution in [-0.2, 0) is 21.5 Å². The van der Waals surface area contributed by atoms with Crippen LogP contribution in [0.15, 0.2) is 30.3 Å². The first-order chi connectivity index (χ1) is 9.85. The first kappa shape index (κ1) is 17.7. The molecule has 0 unspecified atom stereocenters. The minimum absolute atomic E-state index is 0.0841. The minimum atomic E-state index is -4.00. The molecule has 1 rings (SSSR count). The quantitative estimate of drug-likeness (QED) is 0.775. The Bertz CT molecular complexity index is 549. The van der Waals surface area contributed by atoms with E-state index in [2.05, 4.69) is 0 Å². The third-order valence-corrected chi connectivity index (χ3v) is 4.02. The number of benzene rings is 1. The van der Waals surface area contributed by atoms with Crippen LogP contribution in [0.4, 0.5) is 4.79 Å². The highest BCUT2D eigenvalue weighted by molar-refractivity contribution is 7.87. The molecule has 1 N–H and O–H groups in total. The number of nitrogens with zero attached hydrogens (tertiary/aromatic N) is 1. The SMILES string of the molecule is CC(C)OC(=O)NS(=O)(=O)N(CCCl)Cc1ccccc1. The lowest BCUT2D eigenvalue weighted by molar-refractivity contribution is 0.121. The molecule has 0 saturated heterocycles. The van der Waals surface area contributed by atoms with Crippen LogP contribution in [0.2, 0.25) is 0 Å². The molecule has 118 valence electrons. The van der Waals surface area contributed by atoms with Crippen LogP contribution >= 0.6 is 11.6 Å². The zero-order valence-corrected chi connectivity index (χ0v) is 13.5. The average molecular weight is 335 g/mol. The summed E-state index contributed by atoms with van der Waals surface area (Å²) in [6, 6.07) is 9.04. The van der Waals surface area contributed by atoms with E-state index in [1.54, 1.807) is 38.1 Å². The summed E-state index contributed by atoms with van der Waals surface area (Å²) >= 11 is 5.64. The summed E-state index contributed by atoms with van der Waals surface area (Å²) in [4.78, 5) is 11.5. The normalized spacial score (nSPS) is 11.7. The number of halogens is 1. The van der Waals surface area contributed by atoms with Crippen molar-refractivity contribution < 1.29 is 17.9 Å². The highest BCUT2D eigenvalue weighted by Crippen LogP contribution is 2.09. The maximum absolute atomic E-state index is 12.2. The van der Waals surface area contributed by atoms with Gasteiger partial charge < -0.3 is 4.74 Å². The van der Waals surface area contributed by atoms with Gasteiger partial charge >= 0.3 is 16.3 Å². The molecule has 0 spiro atoms. The molecule has 1 amide bonds. The van der Waals surface area contributed by atoms with E-state index in [-0.39, 0.29) is 19.0 Å². The van der Waals surface area contributed by atoms with E-state index in [0.29, 0.717) is 0 Å². The molecule has 0 radical (unpaired) electrons. The number of carbonyl (C=O) groups is 1. The monoisotopic (exact) mass is 334 g/mol. The Kier molecular flexibility index (Phi) is 6.94. The molecule has 0 atom stereocenters. The van der Waals surface area contributed by atoms with Crippen LogP contribution in [-0.4, -0.2) is 37.3 Å². The van der Waals surface area contributed by atoms with E-state index in [9.17, 15) is 13.2 Å². The number of amides is 1. The van der Waals surface area contributed by atoms with Crippen molar-refractivity contribution in [3.8, 4) is 0 Å². The minimum Gasteiger partial charge on any atom is -0.446 e. The molecular weight excluding hydrogens is 316 g/mol. The number of rotatable bonds is 7. The van der Waals surface area contributed by atoms with Gasteiger partial charge in [0.05, 0.1) is 6.10 Å². The Balaban J connectivity index is 2.80. The van der Waals surface area contributed by atoms with Gasteiger partial charge in [0.15, 0.2) is 0 Å². The summed E-state index contributed by atoms with van der Waals surface area (Å²) in [7, 11) is -4.00. The van der Waals surface area contributed by atoms with Gasteiger partial charge in [0.2, 0.25) is 0 Å². The number of carbonyl (C=O) groups excluding carboxylic acids is 1. The second-order valence-electron chi connectivity index (χ2n) is 4.57. The summed E-state index contributed by atoms with van der Waals surface area (Å²) in [6.07, 6.45) is -1.41. The van der Waals surface area contributed by atoms with Crippen LogP contribution in [0, 0.1) is 0 Å². The van der Waals surface area contributed by atoms with Gasteiger partial charge in [0, 0.05) is 19.0 Å². The van der Waals surface area contributed by atoms with Crippen LogP contribution in [0.5, 0.6) is 0 Å². The molecule has 1 aromatic carbocycles. The highest BCUT2D eigenvalue weighted by atomic mass is 35.5. The van der Waals surface area contributed by atoms with Crippen molar-refractivity contribution in [1.82, 2.24) is 9.03 Å². The fourth-order valence-electron chi connectivity index (χ4n) is 1.57. The van der Waals surface area contributed by atoms with Gasteiger partial charge in [-0.05, 0) is 19.4 Å². The third kappa shape index (κ3) is 6.33. The van der Waals surface area contributed by atoms with Crippen molar-refractivity contribution in [2.24, 2.45) is 0 Å². The molecule has 0 fully saturated rings. The van der Waals surface area contributed by atoms with E-state index in [1.165, 1.54) is 0 Å². The van der Waals surface area contributed by atoms with Crippen molar-refractivity contribution in [1.29, 1.82) is 0 Å². The zero-order chi connectivity index (χ0) is 15.9. The topological polar surface area (TPSA) is 75.7 Å². The van der Waals surface area contributed by atoms with Crippen molar-refractivity contribution in [3.05, 3.63) is 35.9 Å². The van der Waals surface area contributed by atoms with Crippen molar-refractivity contribution in [2.75, 3.05) is 12.4 Å². The lowest BCUT2D eigenvalue weighted by atomic mass is 10.2. The van der Waals surface area contributed by atoms with Gasteiger partial charge in [-0.2, -0.15) is 12.7 Å². The largest absolute Gasteiger partial charge is 0.446 e. The molecule has 0 aromatic heterocycles. The summed E-state index contributed by atoms with van der Waals surface area (Å²) < 4.78 is 32.1. The standard InChI is InChI=1S/C13H19ClN2O4S/c1-11(2)20-13(17)15-21(18,19)16(9-8-14)10-12-6-4-3-5-7-12/h3-7,11H,8-10H2,1-2H3,(H,15,17). The summed E-state index contributed by atoms with van der Waals surface area (Å²) in [6.45, 7) is 3.47. The van der Waals surface area contributed by atoms with Gasteiger partial charge in [-0.3, -0.25) is 0 Å². The third-order valence-electron chi connectivity index (χ3n) is 2.43. The van der Waals surface area contributed by atoms with Crippen molar-refractivity contribution in [2.45, 2.75) is 26.5 Å². The Labute approximate surface area is 130 Å². The van der Waals surface area contributed by atoms with E-state index in [0.717, 1.165) is 9.87 Å². The van der Waals surface area contributed by atoms with Crippen molar-refractivity contribution >= 4 is 27.9 Å². The van der Waals surface area contributed by atoms with Gasteiger partial charge in [-0.15, -0.1) is 11.6 Å². The van der Waals surface area contributed by atoms with Gasteiger partial charge in [-0.1, -0.05) is 30.3 Å². The molecule has 0 aliphatic carbocycles. The summed E-state index contributed by atoms with van der Waals surface area (Å²) in [5.74, 6) is 0.118. The van der Waals surface area contributed by atoms with E-state index in [1.807, 2.05) is 10.8 Å². The van der Waals surface area contributed by atoms with Gasteiger partial charge in [0.1, 0.15) is 0 Å². The van der Waals surface area contributed by atoms with Gasteiger partial charge in [0.25, 0.3) is 0 Å². The number of alkyl halides is 1. The van der Waals surface area contributed by atoms with E-state index < -0.39 is 22.4 Å². The molecule has 8 heteroatoms. The van der Waals surface area contributed by atoms with Crippen LogP contribution in [0.1, 0.15) is 19.4 Å². The fourth-order valence-corrected chi connectivity index (χ4v) is 2.92. The molecule has 0 aliphatic heterocycles. The second-order valence-corrected chi connectivity index (χ2v) is 6.62. The number of hydrogen-bond acceptors (Lipinski definition) is 4. The number of nitrogens with one attached hydrogen (secondary N) is 1. The van der Waals surface area contributed by atoms with E-state index in [4.69, 9.17) is 16.3 Å². The Morgan fingerprint density at radius 3 is 2.48 bits per heavy atom. The maximum atomic E-state index is 12.2. The molecule has 0 heterocycles. The number of hydrogen-bond donors (Lipinski definition) is 1. The zero-order valence-electron chi connectivity index (χ0n) is 12.0. The van der Waals surface area contributed by atoms with Gasteiger partial charge in [-0.25, -0.2) is 9.52 Å². The summed E-state index contributed by atoms with van der Waals surface area (Å²) in [5.41, 5.74) is 0.796. The van der Waals surface area contributed by atoms with Crippen LogP contribution in [0.25, 0.3) is 0 Å². The van der Waals surface area contributed by atoms with Crippen LogP contribution < -0.4 is 4.72 Å². The van der Waals surface area contributed by atoms with E-state index >= 15 is 0 Å². The maximum Gasteiger partial charge on any atom is 0.422 e. The van der Waals surface area contributed by atoms with Crippen LogP contribution in [0.3, 0.4) is 0 Å². The Morgan fingerprint density at radius 1 is 1.33 bits per heavy atom. The number of ether oxygens (including phenoxy) is 1. The molecule has 6 nitrogen and oxygen atoms in total. The molecule has 1 aromatic rings. The molecule has 0 aliphatic rings. The average Bonchev–Trinajstić information content (AvgIpc) is 2.37. The first-order valence-electron chi connectivity index (χ1n) is 6.43. The fraction of sp³-hybridized carbons (Fsp3) is 0.462. The highest BCUT2D eigenvalue weighted by Gasteiger charge is 2.25. The predicted octanol–water partition coefficient (Wildman–Crippen LogP) is 2.11. The Morgan fingerprint density at radius 2 is 1.95 bits per heavy atom. The predicted molar refractivity (Wildman–Crippen MR) is 81.2 cm³/mol. The van der Waals surface area contributed by atoms with Crippen molar-refractivity contribution in [3.63, 3.8) is 0 Å².